The van der Waals surface area contributed by atoms with E-state index in [9.17, 15) is 9.59 Å². The van der Waals surface area contributed by atoms with Gasteiger partial charge in [0.2, 0.25) is 17.8 Å². The van der Waals surface area contributed by atoms with Crippen molar-refractivity contribution in [2.45, 2.75) is 27.2 Å². The lowest BCUT2D eigenvalue weighted by Crippen LogP contribution is -2.28. The predicted octanol–water partition coefficient (Wildman–Crippen LogP) is 4.25. The molecule has 1 fully saturated rings. The van der Waals surface area contributed by atoms with Crippen LogP contribution in [-0.2, 0) is 9.59 Å². The summed E-state index contributed by atoms with van der Waals surface area (Å²) in [5.41, 5.74) is 4.12. The Morgan fingerprint density at radius 3 is 2.44 bits per heavy atom. The number of aromatic nitrogens is 2. The van der Waals surface area contributed by atoms with Gasteiger partial charge in [0.15, 0.2) is 0 Å². The van der Waals surface area contributed by atoms with Crippen LogP contribution in [0.15, 0.2) is 54.6 Å². The Labute approximate surface area is 199 Å². The minimum atomic E-state index is -0.437. The predicted molar refractivity (Wildman–Crippen MR) is 133 cm³/mol. The average Bonchev–Trinajstić information content (AvgIpc) is 3.21. The standard InChI is InChI=1S/C26H29N5O3/c1-5-30(26-27-17(2)14-18(3)28-26)21-12-10-20(11-13-21)29-25(33)19-15-24(32)31(16-19)22-8-6-7-9-23(22)34-4/h6-14,19H,5,15-16H2,1-4H3,(H,29,33). The summed E-state index contributed by atoms with van der Waals surface area (Å²) >= 11 is 0. The van der Waals surface area contributed by atoms with E-state index in [1.165, 1.54) is 0 Å². The van der Waals surface area contributed by atoms with Gasteiger partial charge in [-0.25, -0.2) is 9.97 Å². The van der Waals surface area contributed by atoms with Crippen LogP contribution < -0.4 is 19.9 Å². The fourth-order valence-corrected chi connectivity index (χ4v) is 4.21. The number of hydrogen-bond donors (Lipinski definition) is 1. The minimum Gasteiger partial charge on any atom is -0.495 e. The quantitative estimate of drug-likeness (QED) is 0.568. The Bertz CT molecular complexity index is 1180. The highest BCUT2D eigenvalue weighted by molar-refractivity contribution is 6.04. The van der Waals surface area contributed by atoms with E-state index in [4.69, 9.17) is 4.74 Å². The van der Waals surface area contributed by atoms with Gasteiger partial charge in [-0.15, -0.1) is 0 Å². The Morgan fingerprint density at radius 1 is 1.12 bits per heavy atom. The van der Waals surface area contributed by atoms with E-state index in [-0.39, 0.29) is 18.2 Å². The Morgan fingerprint density at radius 2 is 1.79 bits per heavy atom. The molecule has 0 bridgehead atoms. The number of carbonyl (C=O) groups excluding carboxylic acids is 2. The molecule has 1 saturated heterocycles. The summed E-state index contributed by atoms with van der Waals surface area (Å²) in [4.78, 5) is 38.3. The second kappa shape index (κ2) is 9.91. The van der Waals surface area contributed by atoms with E-state index in [0.717, 1.165) is 17.1 Å². The van der Waals surface area contributed by atoms with Crippen molar-refractivity contribution >= 4 is 34.8 Å². The van der Waals surface area contributed by atoms with Crippen LogP contribution in [0.3, 0.4) is 0 Å². The van der Waals surface area contributed by atoms with Crippen LogP contribution in [0.5, 0.6) is 5.75 Å². The Balaban J connectivity index is 1.44. The molecule has 1 aromatic heterocycles. The molecule has 0 radical (unpaired) electrons. The van der Waals surface area contributed by atoms with Gasteiger partial charge in [0.1, 0.15) is 5.75 Å². The number of hydrogen-bond acceptors (Lipinski definition) is 6. The number of amides is 2. The number of benzene rings is 2. The molecule has 0 aliphatic carbocycles. The number of nitrogens with zero attached hydrogens (tertiary/aromatic N) is 4. The topological polar surface area (TPSA) is 87.7 Å². The van der Waals surface area contributed by atoms with Gasteiger partial charge in [-0.2, -0.15) is 0 Å². The number of ether oxygens (including phenoxy) is 1. The SMILES string of the molecule is CCN(c1ccc(NC(=O)C2CC(=O)N(c3ccccc3OC)C2)cc1)c1nc(C)cc(C)n1. The molecule has 1 N–H and O–H groups in total. The van der Waals surface area contributed by atoms with Crippen LogP contribution in [0.4, 0.5) is 23.0 Å². The molecule has 2 aromatic carbocycles. The number of anilines is 4. The van der Waals surface area contributed by atoms with Gasteiger partial charge in [-0.3, -0.25) is 9.59 Å². The zero-order valence-electron chi connectivity index (χ0n) is 19.9. The molecule has 2 heterocycles. The molecular weight excluding hydrogens is 430 g/mol. The largest absolute Gasteiger partial charge is 0.495 e. The molecular formula is C26H29N5O3. The zero-order chi connectivity index (χ0) is 24.2. The molecule has 2 amide bonds. The molecule has 176 valence electrons. The van der Waals surface area contributed by atoms with Gasteiger partial charge < -0.3 is 19.9 Å². The molecule has 34 heavy (non-hydrogen) atoms. The number of rotatable bonds is 7. The van der Waals surface area contributed by atoms with Crippen molar-refractivity contribution in [2.75, 3.05) is 35.3 Å². The first-order valence-electron chi connectivity index (χ1n) is 11.3. The normalized spacial score (nSPS) is 15.4. The zero-order valence-corrected chi connectivity index (χ0v) is 19.9. The highest BCUT2D eigenvalue weighted by Gasteiger charge is 2.36. The monoisotopic (exact) mass is 459 g/mol. The first kappa shape index (κ1) is 23.2. The van der Waals surface area contributed by atoms with Gasteiger partial charge in [-0.05, 0) is 63.2 Å². The maximum atomic E-state index is 12.9. The summed E-state index contributed by atoms with van der Waals surface area (Å²) in [5, 5.41) is 2.95. The first-order chi connectivity index (χ1) is 16.4. The van der Waals surface area contributed by atoms with Crippen LogP contribution in [0.1, 0.15) is 24.7 Å². The van der Waals surface area contributed by atoms with Gasteiger partial charge in [-0.1, -0.05) is 12.1 Å². The number of aryl methyl sites for hydroxylation is 2. The van der Waals surface area contributed by atoms with E-state index in [0.29, 0.717) is 36.2 Å². The van der Waals surface area contributed by atoms with E-state index >= 15 is 0 Å². The fraction of sp³-hybridized carbons (Fsp3) is 0.308. The molecule has 4 rings (SSSR count). The number of nitrogens with one attached hydrogen (secondary N) is 1. The smallest absolute Gasteiger partial charge is 0.230 e. The number of para-hydroxylation sites is 2. The molecule has 0 spiro atoms. The Hall–Kier alpha value is -3.94. The lowest BCUT2D eigenvalue weighted by atomic mass is 10.1. The molecule has 0 saturated carbocycles. The highest BCUT2D eigenvalue weighted by atomic mass is 16.5. The summed E-state index contributed by atoms with van der Waals surface area (Å²) in [6, 6.07) is 16.8. The summed E-state index contributed by atoms with van der Waals surface area (Å²) in [5.74, 6) is 0.557. The third-order valence-corrected chi connectivity index (χ3v) is 5.85. The van der Waals surface area contributed by atoms with Crippen molar-refractivity contribution in [1.29, 1.82) is 0 Å². The van der Waals surface area contributed by atoms with E-state index < -0.39 is 5.92 Å². The second-order valence-electron chi connectivity index (χ2n) is 8.31. The molecule has 1 aliphatic heterocycles. The third-order valence-electron chi connectivity index (χ3n) is 5.85. The summed E-state index contributed by atoms with van der Waals surface area (Å²) in [6.45, 7) is 6.97. The molecule has 8 nitrogen and oxygen atoms in total. The van der Waals surface area contributed by atoms with Gasteiger partial charge >= 0.3 is 0 Å². The third kappa shape index (κ3) is 4.85. The molecule has 1 atom stereocenters. The minimum absolute atomic E-state index is 0.0907. The maximum Gasteiger partial charge on any atom is 0.230 e. The lowest BCUT2D eigenvalue weighted by Gasteiger charge is -2.22. The molecule has 3 aromatic rings. The average molecular weight is 460 g/mol. The first-order valence-corrected chi connectivity index (χ1v) is 11.3. The van der Waals surface area contributed by atoms with Crippen molar-refractivity contribution in [2.24, 2.45) is 5.92 Å². The summed E-state index contributed by atoms with van der Waals surface area (Å²) in [6.07, 6.45) is 0.162. The molecule has 1 unspecified atom stereocenters. The highest BCUT2D eigenvalue weighted by Crippen LogP contribution is 2.33. The van der Waals surface area contributed by atoms with E-state index in [1.807, 2.05) is 74.2 Å². The van der Waals surface area contributed by atoms with Gasteiger partial charge in [0.05, 0.1) is 18.7 Å². The maximum absolute atomic E-state index is 12.9. The van der Waals surface area contributed by atoms with Crippen LogP contribution in [-0.4, -0.2) is 42.0 Å². The number of carbonyl (C=O) groups is 2. The van der Waals surface area contributed by atoms with Crippen LogP contribution in [0, 0.1) is 19.8 Å². The fourth-order valence-electron chi connectivity index (χ4n) is 4.21. The van der Waals surface area contributed by atoms with Crippen molar-refractivity contribution in [3.8, 4) is 5.75 Å². The summed E-state index contributed by atoms with van der Waals surface area (Å²) in [7, 11) is 1.57. The Kier molecular flexibility index (Phi) is 6.77. The number of methoxy groups -OCH3 is 1. The van der Waals surface area contributed by atoms with Crippen LogP contribution in [0.2, 0.25) is 0 Å². The van der Waals surface area contributed by atoms with Crippen molar-refractivity contribution in [3.05, 3.63) is 66.0 Å². The van der Waals surface area contributed by atoms with Crippen molar-refractivity contribution in [1.82, 2.24) is 9.97 Å². The summed E-state index contributed by atoms with van der Waals surface area (Å²) < 4.78 is 5.37. The second-order valence-corrected chi connectivity index (χ2v) is 8.31. The van der Waals surface area contributed by atoms with Gasteiger partial charge in [0.25, 0.3) is 0 Å². The van der Waals surface area contributed by atoms with Crippen LogP contribution >= 0.6 is 0 Å². The van der Waals surface area contributed by atoms with Crippen molar-refractivity contribution in [3.63, 3.8) is 0 Å². The molecule has 1 aliphatic rings. The van der Waals surface area contributed by atoms with Crippen molar-refractivity contribution < 1.29 is 14.3 Å². The lowest BCUT2D eigenvalue weighted by molar-refractivity contribution is -0.122. The van der Waals surface area contributed by atoms with Gasteiger partial charge in [0, 0.05) is 42.3 Å². The van der Waals surface area contributed by atoms with E-state index in [2.05, 4.69) is 15.3 Å². The molecule has 8 heteroatoms. The van der Waals surface area contributed by atoms with E-state index in [1.54, 1.807) is 18.1 Å². The van der Waals surface area contributed by atoms with Crippen LogP contribution in [0.25, 0.3) is 0 Å².